The van der Waals surface area contributed by atoms with Crippen molar-refractivity contribution in [1.82, 2.24) is 14.7 Å². The van der Waals surface area contributed by atoms with E-state index in [1.807, 2.05) is 11.7 Å². The van der Waals surface area contributed by atoms with Crippen LogP contribution in [0.25, 0.3) is 0 Å². The van der Waals surface area contributed by atoms with Gasteiger partial charge in [0.25, 0.3) is 0 Å². The maximum Gasteiger partial charge on any atom is 0.0722 e. The minimum absolute atomic E-state index is 0.106. The predicted octanol–water partition coefficient (Wildman–Crippen LogP) is 1.89. The molecular weight excluding hydrogens is 236 g/mol. The van der Waals surface area contributed by atoms with Gasteiger partial charge in [-0.25, -0.2) is 0 Å². The number of aryl methyl sites for hydroxylation is 1. The number of hydrogen-bond donors (Lipinski definition) is 1. The van der Waals surface area contributed by atoms with Gasteiger partial charge in [0, 0.05) is 43.4 Å². The Kier molecular flexibility index (Phi) is 4.02. The molecule has 1 aromatic heterocycles. The Labute approximate surface area is 117 Å². The molecule has 2 unspecified atom stereocenters. The highest BCUT2D eigenvalue weighted by Gasteiger charge is 2.26. The first-order valence-electron chi connectivity index (χ1n) is 7.28. The van der Waals surface area contributed by atoms with E-state index in [0.29, 0.717) is 12.0 Å². The van der Waals surface area contributed by atoms with Crippen molar-refractivity contribution in [2.75, 3.05) is 13.1 Å². The highest BCUT2D eigenvalue weighted by Crippen LogP contribution is 2.26. The highest BCUT2D eigenvalue weighted by atomic mass is 15.3. The van der Waals surface area contributed by atoms with Crippen molar-refractivity contribution in [3.05, 3.63) is 17.5 Å². The van der Waals surface area contributed by atoms with Crippen LogP contribution in [0.2, 0.25) is 0 Å². The fraction of sp³-hybridized carbons (Fsp3) is 0.800. The smallest absolute Gasteiger partial charge is 0.0722 e. The van der Waals surface area contributed by atoms with E-state index < -0.39 is 0 Å². The zero-order valence-electron chi connectivity index (χ0n) is 13.0. The number of aromatic nitrogens is 2. The number of nitrogens with zero attached hydrogens (tertiary/aromatic N) is 3. The van der Waals surface area contributed by atoms with Crippen molar-refractivity contribution in [3.63, 3.8) is 0 Å². The molecule has 0 saturated carbocycles. The van der Waals surface area contributed by atoms with Gasteiger partial charge < -0.3 is 5.73 Å². The van der Waals surface area contributed by atoms with Crippen LogP contribution in [-0.4, -0.2) is 33.8 Å². The third-order valence-corrected chi connectivity index (χ3v) is 4.06. The van der Waals surface area contributed by atoms with Crippen LogP contribution in [0.15, 0.2) is 6.20 Å². The maximum absolute atomic E-state index is 6.09. The van der Waals surface area contributed by atoms with Crippen LogP contribution in [0, 0.1) is 5.92 Å². The van der Waals surface area contributed by atoms with Gasteiger partial charge in [0.2, 0.25) is 0 Å². The van der Waals surface area contributed by atoms with Gasteiger partial charge in [-0.2, -0.15) is 5.10 Å². The quantitative estimate of drug-likeness (QED) is 0.887. The van der Waals surface area contributed by atoms with Gasteiger partial charge in [0.15, 0.2) is 0 Å². The van der Waals surface area contributed by atoms with Gasteiger partial charge in [-0.05, 0) is 18.9 Å². The molecule has 1 aromatic rings. The molecule has 0 radical (unpaired) electrons. The first kappa shape index (κ1) is 14.5. The van der Waals surface area contributed by atoms with Crippen LogP contribution in [0.5, 0.6) is 0 Å². The largest absolute Gasteiger partial charge is 0.327 e. The lowest BCUT2D eigenvalue weighted by Crippen LogP contribution is -2.45. The van der Waals surface area contributed by atoms with E-state index in [1.54, 1.807) is 0 Å². The summed E-state index contributed by atoms with van der Waals surface area (Å²) in [5.41, 5.74) is 8.78. The van der Waals surface area contributed by atoms with Gasteiger partial charge in [-0.3, -0.25) is 9.58 Å². The van der Waals surface area contributed by atoms with E-state index in [9.17, 15) is 0 Å². The first-order valence-corrected chi connectivity index (χ1v) is 7.28. The van der Waals surface area contributed by atoms with Gasteiger partial charge in [-0.15, -0.1) is 0 Å². The average molecular weight is 264 g/mol. The molecule has 1 saturated heterocycles. The molecule has 0 aliphatic carbocycles. The summed E-state index contributed by atoms with van der Waals surface area (Å²) in [6.45, 7) is 12.1. The summed E-state index contributed by atoms with van der Waals surface area (Å²) in [6.07, 6.45) is 3.27. The van der Waals surface area contributed by atoms with Gasteiger partial charge >= 0.3 is 0 Å². The normalized spacial score (nSPS) is 25.8. The third-order valence-electron chi connectivity index (χ3n) is 4.06. The van der Waals surface area contributed by atoms with Crippen LogP contribution in [0.1, 0.15) is 45.4 Å². The lowest BCUT2D eigenvalue weighted by atomic mass is 9.89. The Morgan fingerprint density at radius 2 is 2.11 bits per heavy atom. The van der Waals surface area contributed by atoms with Crippen molar-refractivity contribution >= 4 is 0 Å². The zero-order chi connectivity index (χ0) is 14.2. The molecule has 4 nitrogen and oxygen atoms in total. The summed E-state index contributed by atoms with van der Waals surface area (Å²) in [7, 11) is 2.01. The van der Waals surface area contributed by atoms with Crippen LogP contribution in [0.4, 0.5) is 0 Å². The fourth-order valence-corrected chi connectivity index (χ4v) is 2.92. The molecule has 2 heterocycles. The van der Waals surface area contributed by atoms with Crippen molar-refractivity contribution in [3.8, 4) is 0 Å². The summed E-state index contributed by atoms with van der Waals surface area (Å²) < 4.78 is 1.94. The summed E-state index contributed by atoms with van der Waals surface area (Å²) in [6, 6.07) is 0.368. The number of rotatable bonds is 2. The Bertz CT molecular complexity index is 430. The second-order valence-electron chi connectivity index (χ2n) is 7.09. The SMILES string of the molecule is CC1CN(Cc2cn(C)nc2C(C)(C)C)CCC1N. The molecule has 108 valence electrons. The molecule has 4 heteroatoms. The van der Waals surface area contributed by atoms with Crippen molar-refractivity contribution in [2.24, 2.45) is 18.7 Å². The van der Waals surface area contributed by atoms with Crippen molar-refractivity contribution in [2.45, 2.75) is 52.1 Å². The fourth-order valence-electron chi connectivity index (χ4n) is 2.92. The minimum atomic E-state index is 0.106. The maximum atomic E-state index is 6.09. The number of likely N-dealkylation sites (tertiary alicyclic amines) is 1. The van der Waals surface area contributed by atoms with E-state index in [2.05, 4.69) is 43.9 Å². The second kappa shape index (κ2) is 5.25. The number of nitrogens with two attached hydrogens (primary N) is 1. The zero-order valence-corrected chi connectivity index (χ0v) is 13.0. The minimum Gasteiger partial charge on any atom is -0.327 e. The first-order chi connectivity index (χ1) is 8.77. The second-order valence-corrected chi connectivity index (χ2v) is 7.09. The third kappa shape index (κ3) is 3.37. The molecule has 1 fully saturated rings. The van der Waals surface area contributed by atoms with Crippen LogP contribution < -0.4 is 5.73 Å². The molecule has 2 N–H and O–H groups in total. The summed E-state index contributed by atoms with van der Waals surface area (Å²) in [5, 5.41) is 4.65. The molecule has 0 aromatic carbocycles. The molecule has 0 spiro atoms. The lowest BCUT2D eigenvalue weighted by molar-refractivity contribution is 0.157. The molecule has 1 aliphatic heterocycles. The Morgan fingerprint density at radius 1 is 1.42 bits per heavy atom. The summed E-state index contributed by atoms with van der Waals surface area (Å²) >= 11 is 0. The molecule has 2 atom stereocenters. The Hall–Kier alpha value is -0.870. The molecule has 1 aliphatic rings. The molecule has 19 heavy (non-hydrogen) atoms. The predicted molar refractivity (Wildman–Crippen MR) is 78.9 cm³/mol. The topological polar surface area (TPSA) is 47.1 Å². The molecule has 0 bridgehead atoms. The summed E-state index contributed by atoms with van der Waals surface area (Å²) in [4.78, 5) is 2.51. The van der Waals surface area contributed by atoms with E-state index in [0.717, 1.165) is 26.1 Å². The van der Waals surface area contributed by atoms with E-state index in [1.165, 1.54) is 11.3 Å². The van der Waals surface area contributed by atoms with Crippen LogP contribution >= 0.6 is 0 Å². The Morgan fingerprint density at radius 3 is 2.68 bits per heavy atom. The van der Waals surface area contributed by atoms with Crippen molar-refractivity contribution < 1.29 is 0 Å². The van der Waals surface area contributed by atoms with Crippen LogP contribution in [0.3, 0.4) is 0 Å². The number of hydrogen-bond acceptors (Lipinski definition) is 3. The summed E-state index contributed by atoms with van der Waals surface area (Å²) in [5.74, 6) is 0.587. The van der Waals surface area contributed by atoms with Gasteiger partial charge in [0.1, 0.15) is 0 Å². The lowest BCUT2D eigenvalue weighted by Gasteiger charge is -2.35. The molecule has 0 amide bonds. The van der Waals surface area contributed by atoms with E-state index in [-0.39, 0.29) is 5.41 Å². The van der Waals surface area contributed by atoms with E-state index in [4.69, 9.17) is 5.73 Å². The number of piperidine rings is 1. The molecule has 2 rings (SSSR count). The van der Waals surface area contributed by atoms with Gasteiger partial charge in [-0.1, -0.05) is 27.7 Å². The highest BCUT2D eigenvalue weighted by molar-refractivity contribution is 5.24. The van der Waals surface area contributed by atoms with Gasteiger partial charge in [0.05, 0.1) is 5.69 Å². The van der Waals surface area contributed by atoms with E-state index >= 15 is 0 Å². The average Bonchev–Trinajstić information content (AvgIpc) is 2.65. The van der Waals surface area contributed by atoms with Crippen LogP contribution in [-0.2, 0) is 19.0 Å². The standard InChI is InChI=1S/C15H28N4/c1-11-8-19(7-6-13(11)16)10-12-9-18(5)17-14(12)15(2,3)4/h9,11,13H,6-8,10,16H2,1-5H3. The van der Waals surface area contributed by atoms with Crippen molar-refractivity contribution in [1.29, 1.82) is 0 Å². The Balaban J connectivity index is 2.11. The molecular formula is C15H28N4. The monoisotopic (exact) mass is 264 g/mol.